The minimum atomic E-state index is 0.266. The Kier molecular flexibility index (Phi) is 9.59. The molecule has 0 aromatic rings. The van der Waals surface area contributed by atoms with Crippen molar-refractivity contribution in [1.82, 2.24) is 4.90 Å². The van der Waals surface area contributed by atoms with Crippen LogP contribution in [0.1, 0.15) is 90.9 Å². The Morgan fingerprint density at radius 3 is 1.71 bits per heavy atom. The van der Waals surface area contributed by atoms with Crippen LogP contribution >= 0.6 is 0 Å². The Balaban J connectivity index is 2.65. The first-order chi connectivity index (χ1) is 10.1. The SMILES string of the molecule is CCC(C)CN(C)C1(CN)CCCCCCCCCCC1. The normalized spacial score (nSPS) is 23.3. The molecule has 126 valence electrons. The van der Waals surface area contributed by atoms with Gasteiger partial charge in [-0.1, -0.05) is 78.1 Å². The molecule has 1 unspecified atom stereocenters. The fourth-order valence-corrected chi connectivity index (χ4v) is 3.80. The molecule has 1 aliphatic rings. The smallest absolute Gasteiger partial charge is 0.0328 e. The molecule has 0 spiro atoms. The Bertz CT molecular complexity index is 240. The molecule has 0 aliphatic heterocycles. The van der Waals surface area contributed by atoms with Gasteiger partial charge in [0, 0.05) is 18.6 Å². The summed E-state index contributed by atoms with van der Waals surface area (Å²) in [6.45, 7) is 6.71. The van der Waals surface area contributed by atoms with Gasteiger partial charge < -0.3 is 5.73 Å². The van der Waals surface area contributed by atoms with Crippen molar-refractivity contribution < 1.29 is 0 Å². The van der Waals surface area contributed by atoms with Gasteiger partial charge in [-0.15, -0.1) is 0 Å². The van der Waals surface area contributed by atoms with Crippen LogP contribution in [0.5, 0.6) is 0 Å². The summed E-state index contributed by atoms with van der Waals surface area (Å²) in [6.07, 6.45) is 16.6. The fourth-order valence-electron chi connectivity index (χ4n) is 3.80. The van der Waals surface area contributed by atoms with Crippen LogP contribution < -0.4 is 5.73 Å². The van der Waals surface area contributed by atoms with Crippen LogP contribution in [-0.2, 0) is 0 Å². The zero-order valence-electron chi connectivity index (χ0n) is 15.0. The first kappa shape index (κ1) is 19.0. The quantitative estimate of drug-likeness (QED) is 0.776. The average Bonchev–Trinajstić information content (AvgIpc) is 2.48. The predicted octanol–water partition coefficient (Wildman–Crippen LogP) is 4.97. The molecule has 1 saturated carbocycles. The molecule has 2 nitrogen and oxygen atoms in total. The minimum Gasteiger partial charge on any atom is -0.329 e. The third-order valence-corrected chi connectivity index (χ3v) is 5.76. The van der Waals surface area contributed by atoms with E-state index in [-0.39, 0.29) is 5.54 Å². The van der Waals surface area contributed by atoms with Crippen molar-refractivity contribution in [3.8, 4) is 0 Å². The second kappa shape index (κ2) is 10.6. The van der Waals surface area contributed by atoms with E-state index in [1.807, 2.05) is 0 Å². The fraction of sp³-hybridized carbons (Fsp3) is 1.00. The van der Waals surface area contributed by atoms with Crippen molar-refractivity contribution in [2.45, 2.75) is 96.4 Å². The summed E-state index contributed by atoms with van der Waals surface area (Å²) in [6, 6.07) is 0. The van der Waals surface area contributed by atoms with E-state index in [4.69, 9.17) is 5.73 Å². The Morgan fingerprint density at radius 1 is 0.905 bits per heavy atom. The zero-order valence-corrected chi connectivity index (χ0v) is 15.0. The van der Waals surface area contributed by atoms with Crippen LogP contribution in [0.3, 0.4) is 0 Å². The van der Waals surface area contributed by atoms with Crippen LogP contribution in [0, 0.1) is 5.92 Å². The average molecular weight is 297 g/mol. The van der Waals surface area contributed by atoms with Crippen molar-refractivity contribution in [2.24, 2.45) is 11.7 Å². The lowest BCUT2D eigenvalue weighted by Crippen LogP contribution is -2.53. The van der Waals surface area contributed by atoms with Gasteiger partial charge in [-0.25, -0.2) is 0 Å². The number of hydrogen-bond donors (Lipinski definition) is 1. The largest absolute Gasteiger partial charge is 0.329 e. The molecule has 1 atom stereocenters. The molecular formula is C19H40N2. The van der Waals surface area contributed by atoms with Crippen molar-refractivity contribution in [3.63, 3.8) is 0 Å². The lowest BCUT2D eigenvalue weighted by atomic mass is 9.83. The van der Waals surface area contributed by atoms with E-state index >= 15 is 0 Å². The summed E-state index contributed by atoms with van der Waals surface area (Å²) in [5.74, 6) is 0.778. The van der Waals surface area contributed by atoms with Crippen LogP contribution in [-0.4, -0.2) is 30.6 Å². The standard InChI is InChI=1S/C19H40N2/c1-4-18(2)16-21(3)19(17-20)14-12-10-8-6-5-7-9-11-13-15-19/h18H,4-17,20H2,1-3H3. The number of rotatable bonds is 5. The first-order valence-electron chi connectivity index (χ1n) is 9.56. The Morgan fingerprint density at radius 2 is 1.33 bits per heavy atom. The lowest BCUT2D eigenvalue weighted by Gasteiger charge is -2.43. The first-order valence-corrected chi connectivity index (χ1v) is 9.56. The molecule has 1 fully saturated rings. The summed E-state index contributed by atoms with van der Waals surface area (Å²) >= 11 is 0. The van der Waals surface area contributed by atoms with Crippen molar-refractivity contribution in [2.75, 3.05) is 20.1 Å². The highest BCUT2D eigenvalue weighted by Crippen LogP contribution is 2.29. The zero-order chi connectivity index (χ0) is 15.6. The van der Waals surface area contributed by atoms with Gasteiger partial charge in [-0.2, -0.15) is 0 Å². The van der Waals surface area contributed by atoms with Crippen molar-refractivity contribution in [3.05, 3.63) is 0 Å². The molecule has 2 heteroatoms. The second-order valence-corrected chi connectivity index (χ2v) is 7.50. The number of hydrogen-bond acceptors (Lipinski definition) is 2. The number of likely N-dealkylation sites (N-methyl/N-ethyl adjacent to an activating group) is 1. The summed E-state index contributed by atoms with van der Waals surface area (Å²) in [5.41, 5.74) is 6.56. The van der Waals surface area contributed by atoms with E-state index in [0.717, 1.165) is 12.5 Å². The summed E-state index contributed by atoms with van der Waals surface area (Å²) < 4.78 is 0. The Labute approximate surface area is 133 Å². The second-order valence-electron chi connectivity index (χ2n) is 7.50. The van der Waals surface area contributed by atoms with Crippen LogP contribution in [0.15, 0.2) is 0 Å². The number of nitrogens with zero attached hydrogens (tertiary/aromatic N) is 1. The third kappa shape index (κ3) is 6.69. The van der Waals surface area contributed by atoms with Gasteiger partial charge in [-0.05, 0) is 25.8 Å². The van der Waals surface area contributed by atoms with Crippen molar-refractivity contribution >= 4 is 0 Å². The molecule has 1 aliphatic carbocycles. The van der Waals surface area contributed by atoms with Crippen LogP contribution in [0.2, 0.25) is 0 Å². The van der Waals surface area contributed by atoms with E-state index < -0.39 is 0 Å². The van der Waals surface area contributed by atoms with Gasteiger partial charge >= 0.3 is 0 Å². The third-order valence-electron chi connectivity index (χ3n) is 5.76. The molecule has 0 aromatic heterocycles. The number of nitrogens with two attached hydrogens (primary N) is 1. The van der Waals surface area contributed by atoms with Crippen LogP contribution in [0.25, 0.3) is 0 Å². The van der Waals surface area contributed by atoms with Gasteiger partial charge in [-0.3, -0.25) is 4.90 Å². The summed E-state index contributed by atoms with van der Waals surface area (Å²) in [4.78, 5) is 2.62. The maximum absolute atomic E-state index is 6.30. The molecule has 0 heterocycles. The van der Waals surface area contributed by atoms with Gasteiger partial charge in [0.15, 0.2) is 0 Å². The molecule has 21 heavy (non-hydrogen) atoms. The molecule has 2 N–H and O–H groups in total. The summed E-state index contributed by atoms with van der Waals surface area (Å²) in [7, 11) is 2.32. The highest BCUT2D eigenvalue weighted by molar-refractivity contribution is 4.91. The molecule has 1 rings (SSSR count). The highest BCUT2D eigenvalue weighted by atomic mass is 15.2. The molecular weight excluding hydrogens is 256 g/mol. The van der Waals surface area contributed by atoms with Gasteiger partial charge in [0.25, 0.3) is 0 Å². The topological polar surface area (TPSA) is 29.3 Å². The van der Waals surface area contributed by atoms with Gasteiger partial charge in [0.1, 0.15) is 0 Å². The van der Waals surface area contributed by atoms with Gasteiger partial charge in [0.2, 0.25) is 0 Å². The molecule has 0 amide bonds. The molecule has 0 aromatic carbocycles. The molecule has 0 saturated heterocycles. The van der Waals surface area contributed by atoms with E-state index in [9.17, 15) is 0 Å². The monoisotopic (exact) mass is 296 g/mol. The van der Waals surface area contributed by atoms with Gasteiger partial charge in [0.05, 0.1) is 0 Å². The molecule has 0 bridgehead atoms. The van der Waals surface area contributed by atoms with E-state index in [1.54, 1.807) is 0 Å². The molecule has 0 radical (unpaired) electrons. The summed E-state index contributed by atoms with van der Waals surface area (Å²) in [5, 5.41) is 0. The van der Waals surface area contributed by atoms with Crippen LogP contribution in [0.4, 0.5) is 0 Å². The van der Waals surface area contributed by atoms with E-state index in [2.05, 4.69) is 25.8 Å². The predicted molar refractivity (Wildman–Crippen MR) is 94.7 cm³/mol. The maximum Gasteiger partial charge on any atom is 0.0328 e. The van der Waals surface area contributed by atoms with Crippen molar-refractivity contribution in [1.29, 1.82) is 0 Å². The minimum absolute atomic E-state index is 0.266. The Hall–Kier alpha value is -0.0800. The van der Waals surface area contributed by atoms with E-state index in [0.29, 0.717) is 0 Å². The highest BCUT2D eigenvalue weighted by Gasteiger charge is 2.32. The van der Waals surface area contributed by atoms with E-state index in [1.165, 1.54) is 83.6 Å². The maximum atomic E-state index is 6.30. The lowest BCUT2D eigenvalue weighted by molar-refractivity contribution is 0.0829.